The van der Waals surface area contributed by atoms with Crippen LogP contribution in [0.2, 0.25) is 0 Å². The van der Waals surface area contributed by atoms with Gasteiger partial charge in [-0.2, -0.15) is 0 Å². The predicted molar refractivity (Wildman–Crippen MR) is 80.0 cm³/mol. The maximum absolute atomic E-state index is 12.5. The molecule has 0 saturated heterocycles. The number of benzene rings is 1. The number of hydrogen-bond acceptors (Lipinski definition) is 3. The third-order valence-corrected chi connectivity index (χ3v) is 3.44. The normalized spacial score (nSPS) is 10.8. The summed E-state index contributed by atoms with van der Waals surface area (Å²) >= 11 is 0. The van der Waals surface area contributed by atoms with Crippen LogP contribution in [-0.2, 0) is 6.54 Å². The number of rotatable bonds is 3. The van der Waals surface area contributed by atoms with Gasteiger partial charge in [0.05, 0.1) is 0 Å². The summed E-state index contributed by atoms with van der Waals surface area (Å²) in [6, 6.07) is 13.5. The van der Waals surface area contributed by atoms with E-state index in [0.717, 1.165) is 11.4 Å². The molecule has 2 aromatic heterocycles. The number of aryl methyl sites for hydroxylation is 1. The number of pyridine rings is 1. The smallest absolute Gasteiger partial charge is 0.254 e. The van der Waals surface area contributed by atoms with Crippen molar-refractivity contribution in [2.75, 3.05) is 7.05 Å². The Bertz CT molecular complexity index is 779. The van der Waals surface area contributed by atoms with Crippen molar-refractivity contribution in [2.45, 2.75) is 13.5 Å². The predicted octanol–water partition coefficient (Wildman–Crippen LogP) is 2.31. The molecule has 0 saturated carbocycles. The van der Waals surface area contributed by atoms with Crippen LogP contribution in [0, 0.1) is 6.92 Å². The standard InChI is InChI=1S/C16H16N4O/c1-12-17-18-15-10-14(8-9-20(12)15)16(21)19(2)11-13-6-4-3-5-7-13/h3-10H,11H2,1-2H3. The van der Waals surface area contributed by atoms with E-state index in [2.05, 4.69) is 10.2 Å². The maximum Gasteiger partial charge on any atom is 0.254 e. The fraction of sp³-hybridized carbons (Fsp3) is 0.188. The molecular weight excluding hydrogens is 264 g/mol. The molecular formula is C16H16N4O. The Balaban J connectivity index is 1.82. The summed E-state index contributed by atoms with van der Waals surface area (Å²) in [5, 5.41) is 8.04. The molecule has 21 heavy (non-hydrogen) atoms. The van der Waals surface area contributed by atoms with Crippen molar-refractivity contribution in [2.24, 2.45) is 0 Å². The van der Waals surface area contributed by atoms with E-state index in [1.807, 2.05) is 47.9 Å². The van der Waals surface area contributed by atoms with E-state index in [0.29, 0.717) is 17.8 Å². The highest BCUT2D eigenvalue weighted by molar-refractivity contribution is 5.94. The number of hydrogen-bond donors (Lipinski definition) is 0. The largest absolute Gasteiger partial charge is 0.337 e. The SMILES string of the molecule is Cc1nnc2cc(C(=O)N(C)Cc3ccccc3)ccn12. The molecule has 0 aliphatic carbocycles. The molecule has 0 aliphatic heterocycles. The second-order valence-electron chi connectivity index (χ2n) is 5.04. The van der Waals surface area contributed by atoms with E-state index in [4.69, 9.17) is 0 Å². The zero-order valence-corrected chi connectivity index (χ0v) is 12.0. The first-order valence-electron chi connectivity index (χ1n) is 6.76. The van der Waals surface area contributed by atoms with Crippen LogP contribution in [0.4, 0.5) is 0 Å². The minimum atomic E-state index is -0.0259. The Kier molecular flexibility index (Phi) is 3.39. The third-order valence-electron chi connectivity index (χ3n) is 3.44. The molecule has 0 spiro atoms. The molecule has 0 bridgehead atoms. The first kappa shape index (κ1) is 13.3. The van der Waals surface area contributed by atoms with Gasteiger partial charge >= 0.3 is 0 Å². The van der Waals surface area contributed by atoms with Crippen molar-refractivity contribution in [1.29, 1.82) is 0 Å². The maximum atomic E-state index is 12.5. The van der Waals surface area contributed by atoms with E-state index in [9.17, 15) is 4.79 Å². The summed E-state index contributed by atoms with van der Waals surface area (Å²) in [5.41, 5.74) is 2.41. The van der Waals surface area contributed by atoms with Crippen LogP contribution in [0.15, 0.2) is 48.7 Å². The first-order chi connectivity index (χ1) is 10.1. The summed E-state index contributed by atoms with van der Waals surface area (Å²) in [7, 11) is 1.80. The fourth-order valence-electron chi connectivity index (χ4n) is 2.29. The van der Waals surface area contributed by atoms with Gasteiger partial charge in [-0.3, -0.25) is 9.20 Å². The van der Waals surface area contributed by atoms with Crippen LogP contribution in [0.3, 0.4) is 0 Å². The lowest BCUT2D eigenvalue weighted by Gasteiger charge is -2.17. The fourth-order valence-corrected chi connectivity index (χ4v) is 2.29. The van der Waals surface area contributed by atoms with Gasteiger partial charge in [0.25, 0.3) is 5.91 Å². The van der Waals surface area contributed by atoms with Gasteiger partial charge in [0.2, 0.25) is 0 Å². The van der Waals surface area contributed by atoms with Crippen molar-refractivity contribution >= 4 is 11.6 Å². The molecule has 1 amide bonds. The number of nitrogens with zero attached hydrogens (tertiary/aromatic N) is 4. The van der Waals surface area contributed by atoms with Crippen LogP contribution in [0.1, 0.15) is 21.7 Å². The lowest BCUT2D eigenvalue weighted by molar-refractivity contribution is 0.0785. The monoisotopic (exact) mass is 280 g/mol. The zero-order valence-electron chi connectivity index (χ0n) is 12.0. The minimum Gasteiger partial charge on any atom is -0.337 e. The van der Waals surface area contributed by atoms with Gasteiger partial charge in [-0.25, -0.2) is 0 Å². The number of aromatic nitrogens is 3. The highest BCUT2D eigenvalue weighted by atomic mass is 16.2. The minimum absolute atomic E-state index is 0.0259. The molecule has 0 unspecified atom stereocenters. The summed E-state index contributed by atoms with van der Waals surface area (Å²) in [6.45, 7) is 2.46. The molecule has 106 valence electrons. The molecule has 0 N–H and O–H groups in total. The Morgan fingerprint density at radius 3 is 2.71 bits per heavy atom. The summed E-state index contributed by atoms with van der Waals surface area (Å²) in [4.78, 5) is 14.2. The van der Waals surface area contributed by atoms with Crippen LogP contribution in [-0.4, -0.2) is 32.5 Å². The highest BCUT2D eigenvalue weighted by Gasteiger charge is 2.13. The molecule has 5 heteroatoms. The van der Waals surface area contributed by atoms with Crippen LogP contribution >= 0.6 is 0 Å². The number of carbonyl (C=O) groups excluding carboxylic acids is 1. The van der Waals surface area contributed by atoms with E-state index >= 15 is 0 Å². The Labute approximate surface area is 122 Å². The Morgan fingerprint density at radius 1 is 1.19 bits per heavy atom. The Hall–Kier alpha value is -2.69. The molecule has 1 aromatic carbocycles. The molecule has 2 heterocycles. The number of carbonyl (C=O) groups is 1. The van der Waals surface area contributed by atoms with Crippen molar-refractivity contribution in [3.8, 4) is 0 Å². The molecule has 0 fully saturated rings. The van der Waals surface area contributed by atoms with Gasteiger partial charge in [-0.05, 0) is 24.6 Å². The molecule has 0 radical (unpaired) electrons. The highest BCUT2D eigenvalue weighted by Crippen LogP contribution is 2.11. The van der Waals surface area contributed by atoms with Crippen LogP contribution in [0.25, 0.3) is 5.65 Å². The second-order valence-corrected chi connectivity index (χ2v) is 5.04. The third kappa shape index (κ3) is 2.63. The van der Waals surface area contributed by atoms with Crippen molar-refractivity contribution in [3.05, 3.63) is 65.6 Å². The van der Waals surface area contributed by atoms with Crippen molar-refractivity contribution in [3.63, 3.8) is 0 Å². The van der Waals surface area contributed by atoms with E-state index in [-0.39, 0.29) is 5.91 Å². The van der Waals surface area contributed by atoms with E-state index in [1.54, 1.807) is 24.1 Å². The first-order valence-corrected chi connectivity index (χ1v) is 6.76. The van der Waals surface area contributed by atoms with Crippen LogP contribution < -0.4 is 0 Å². The lowest BCUT2D eigenvalue weighted by atomic mass is 10.2. The van der Waals surface area contributed by atoms with Crippen molar-refractivity contribution in [1.82, 2.24) is 19.5 Å². The quantitative estimate of drug-likeness (QED) is 0.739. The zero-order chi connectivity index (χ0) is 14.8. The van der Waals surface area contributed by atoms with Crippen LogP contribution in [0.5, 0.6) is 0 Å². The van der Waals surface area contributed by atoms with Gasteiger partial charge in [-0.1, -0.05) is 30.3 Å². The van der Waals surface area contributed by atoms with Gasteiger partial charge < -0.3 is 4.90 Å². The lowest BCUT2D eigenvalue weighted by Crippen LogP contribution is -2.26. The van der Waals surface area contributed by atoms with Crippen molar-refractivity contribution < 1.29 is 4.79 Å². The van der Waals surface area contributed by atoms with Gasteiger partial charge in [0.1, 0.15) is 5.82 Å². The van der Waals surface area contributed by atoms with E-state index in [1.165, 1.54) is 0 Å². The summed E-state index contributed by atoms with van der Waals surface area (Å²) in [5.74, 6) is 0.781. The molecule has 3 aromatic rings. The van der Waals surface area contributed by atoms with Gasteiger partial charge in [0, 0.05) is 25.4 Å². The molecule has 0 aliphatic rings. The number of amides is 1. The van der Waals surface area contributed by atoms with Gasteiger partial charge in [-0.15, -0.1) is 10.2 Å². The summed E-state index contributed by atoms with van der Waals surface area (Å²) in [6.07, 6.45) is 1.83. The number of fused-ring (bicyclic) bond motifs is 1. The van der Waals surface area contributed by atoms with Gasteiger partial charge in [0.15, 0.2) is 5.65 Å². The molecule has 3 rings (SSSR count). The average molecular weight is 280 g/mol. The Morgan fingerprint density at radius 2 is 1.95 bits per heavy atom. The second kappa shape index (κ2) is 5.36. The molecule has 0 atom stereocenters. The molecule has 5 nitrogen and oxygen atoms in total. The average Bonchev–Trinajstić information content (AvgIpc) is 2.88. The summed E-state index contributed by atoms with van der Waals surface area (Å²) < 4.78 is 1.86. The van der Waals surface area contributed by atoms with E-state index < -0.39 is 0 Å². The topological polar surface area (TPSA) is 50.5 Å².